The highest BCUT2D eigenvalue weighted by molar-refractivity contribution is 14.0. The Morgan fingerprint density at radius 3 is 2.13 bits per heavy atom. The molecule has 0 bridgehead atoms. The Balaban J connectivity index is 0.00000450. The highest BCUT2D eigenvalue weighted by atomic mass is 127. The number of rotatable bonds is 9. The third-order valence-corrected chi connectivity index (χ3v) is 5.77. The van der Waals surface area contributed by atoms with Crippen molar-refractivity contribution in [1.29, 1.82) is 0 Å². The summed E-state index contributed by atoms with van der Waals surface area (Å²) in [5.74, 6) is 0.689. The third-order valence-electron chi connectivity index (χ3n) is 4.84. The van der Waals surface area contributed by atoms with Gasteiger partial charge < -0.3 is 10.6 Å². The van der Waals surface area contributed by atoms with Gasteiger partial charge in [0.25, 0.3) is 0 Å². The first kappa shape index (κ1) is 26.3. The van der Waals surface area contributed by atoms with Gasteiger partial charge in [-0.25, -0.2) is 13.6 Å². The van der Waals surface area contributed by atoms with E-state index >= 15 is 0 Å². The second-order valence-electron chi connectivity index (χ2n) is 6.64. The van der Waals surface area contributed by atoms with Crippen molar-refractivity contribution < 1.29 is 8.42 Å². The van der Waals surface area contributed by atoms with Gasteiger partial charge in [0.15, 0.2) is 5.96 Å². The second-order valence-corrected chi connectivity index (χ2v) is 8.20. The largest absolute Gasteiger partial charge is 0.354 e. The summed E-state index contributed by atoms with van der Waals surface area (Å²) in [5, 5.41) is 11.8. The summed E-state index contributed by atoms with van der Waals surface area (Å²) in [6.45, 7) is 7.48. The summed E-state index contributed by atoms with van der Waals surface area (Å²) in [6.07, 6.45) is 0. The van der Waals surface area contributed by atoms with E-state index in [-0.39, 0.29) is 34.9 Å². The number of nitrogens with two attached hydrogens (primary N) is 1. The SMILES string of the molecule is CCN(CC)C(CNC(=NC)NCc1ccc(S(N)(=O)=O)cc1)c1ccccc1.I. The number of aliphatic imine (C=N–C) groups is 1. The Kier molecular flexibility index (Phi) is 11.3. The molecule has 0 aliphatic carbocycles. The number of hydrogen-bond acceptors (Lipinski definition) is 4. The molecule has 0 aromatic heterocycles. The van der Waals surface area contributed by atoms with Gasteiger partial charge in [0.05, 0.1) is 10.9 Å². The summed E-state index contributed by atoms with van der Waals surface area (Å²) in [4.78, 5) is 6.81. The van der Waals surface area contributed by atoms with Gasteiger partial charge in [0, 0.05) is 20.1 Å². The quantitative estimate of drug-likeness (QED) is 0.256. The summed E-state index contributed by atoms with van der Waals surface area (Å²) in [6, 6.07) is 17.2. The molecule has 0 aliphatic heterocycles. The lowest BCUT2D eigenvalue weighted by atomic mass is 10.1. The maximum absolute atomic E-state index is 11.4. The van der Waals surface area contributed by atoms with E-state index in [1.54, 1.807) is 19.2 Å². The van der Waals surface area contributed by atoms with Gasteiger partial charge in [0.1, 0.15) is 0 Å². The van der Waals surface area contributed by atoms with E-state index in [2.05, 4.69) is 58.6 Å². The lowest BCUT2D eigenvalue weighted by Crippen LogP contribution is -2.43. The van der Waals surface area contributed by atoms with Crippen LogP contribution in [0.5, 0.6) is 0 Å². The minimum atomic E-state index is -3.67. The van der Waals surface area contributed by atoms with Gasteiger partial charge in [-0.15, -0.1) is 24.0 Å². The first-order valence-electron chi connectivity index (χ1n) is 9.74. The van der Waals surface area contributed by atoms with Crippen LogP contribution in [0.4, 0.5) is 0 Å². The summed E-state index contributed by atoms with van der Waals surface area (Å²) in [7, 11) is -1.94. The van der Waals surface area contributed by atoms with Crippen LogP contribution in [0.3, 0.4) is 0 Å². The number of nitrogens with one attached hydrogen (secondary N) is 2. The molecule has 0 aliphatic rings. The minimum Gasteiger partial charge on any atom is -0.354 e. The van der Waals surface area contributed by atoms with E-state index < -0.39 is 10.0 Å². The number of halogens is 1. The Hall–Kier alpha value is -1.69. The number of sulfonamides is 1. The average Bonchev–Trinajstić information content (AvgIpc) is 2.73. The lowest BCUT2D eigenvalue weighted by molar-refractivity contribution is 0.219. The van der Waals surface area contributed by atoms with Gasteiger partial charge in [0.2, 0.25) is 10.0 Å². The number of likely N-dealkylation sites (N-methyl/N-ethyl adjacent to an activating group) is 1. The van der Waals surface area contributed by atoms with Crippen molar-refractivity contribution in [1.82, 2.24) is 15.5 Å². The van der Waals surface area contributed by atoms with Crippen molar-refractivity contribution >= 4 is 40.0 Å². The van der Waals surface area contributed by atoms with Gasteiger partial charge in [-0.3, -0.25) is 9.89 Å². The molecule has 9 heteroatoms. The molecule has 4 N–H and O–H groups in total. The normalized spacial score (nSPS) is 12.9. The van der Waals surface area contributed by atoms with Gasteiger partial charge in [-0.2, -0.15) is 0 Å². The first-order valence-corrected chi connectivity index (χ1v) is 11.3. The predicted octanol–water partition coefficient (Wildman–Crippen LogP) is 2.70. The zero-order chi connectivity index (χ0) is 21.3. The molecule has 0 amide bonds. The Morgan fingerprint density at radius 2 is 1.63 bits per heavy atom. The fourth-order valence-corrected chi connectivity index (χ4v) is 3.71. The smallest absolute Gasteiger partial charge is 0.238 e. The zero-order valence-corrected chi connectivity index (χ0v) is 20.9. The van der Waals surface area contributed by atoms with Gasteiger partial charge >= 0.3 is 0 Å². The number of guanidine groups is 1. The predicted molar refractivity (Wildman–Crippen MR) is 134 cm³/mol. The van der Waals surface area contributed by atoms with E-state index in [4.69, 9.17) is 5.14 Å². The molecular formula is C21H32IN5O2S. The molecule has 0 fully saturated rings. The Bertz CT molecular complexity index is 885. The number of nitrogens with zero attached hydrogens (tertiary/aromatic N) is 2. The highest BCUT2D eigenvalue weighted by Crippen LogP contribution is 2.19. The van der Waals surface area contributed by atoms with Crippen LogP contribution in [0.15, 0.2) is 64.5 Å². The molecule has 1 atom stereocenters. The maximum atomic E-state index is 11.4. The molecular weight excluding hydrogens is 513 g/mol. The fraction of sp³-hybridized carbons (Fsp3) is 0.381. The summed E-state index contributed by atoms with van der Waals surface area (Å²) < 4.78 is 22.7. The number of hydrogen-bond donors (Lipinski definition) is 3. The standard InChI is InChI=1S/C21H31N5O2S.HI/c1-4-26(5-2)20(18-9-7-6-8-10-18)16-25-21(23-3)24-15-17-11-13-19(14-12-17)29(22,27)28;/h6-14,20H,4-5,15-16H2,1-3H3,(H2,22,27,28)(H2,23,24,25);1H. The zero-order valence-electron chi connectivity index (χ0n) is 17.7. The first-order chi connectivity index (χ1) is 13.9. The molecule has 7 nitrogen and oxygen atoms in total. The van der Waals surface area contributed by atoms with Crippen molar-refractivity contribution in [2.45, 2.75) is 31.3 Å². The Morgan fingerprint density at radius 1 is 1.03 bits per heavy atom. The molecule has 0 saturated heterocycles. The molecule has 0 radical (unpaired) electrons. The van der Waals surface area contributed by atoms with Crippen LogP contribution in [0.2, 0.25) is 0 Å². The van der Waals surface area contributed by atoms with Crippen LogP contribution in [0.25, 0.3) is 0 Å². The molecule has 2 aromatic rings. The molecule has 1 unspecified atom stereocenters. The van der Waals surface area contributed by atoms with Crippen molar-refractivity contribution in [3.8, 4) is 0 Å². The molecule has 0 heterocycles. The molecule has 0 saturated carbocycles. The van der Waals surface area contributed by atoms with Crippen LogP contribution in [-0.2, 0) is 16.6 Å². The van der Waals surface area contributed by atoms with E-state index in [9.17, 15) is 8.42 Å². The van der Waals surface area contributed by atoms with Crippen LogP contribution < -0.4 is 15.8 Å². The van der Waals surface area contributed by atoms with Crippen molar-refractivity contribution in [2.75, 3.05) is 26.7 Å². The number of primary sulfonamides is 1. The second kappa shape index (κ2) is 12.9. The minimum absolute atomic E-state index is 0. The van der Waals surface area contributed by atoms with E-state index in [0.717, 1.165) is 25.2 Å². The fourth-order valence-electron chi connectivity index (χ4n) is 3.19. The van der Waals surface area contributed by atoms with Gasteiger partial charge in [-0.1, -0.05) is 56.3 Å². The van der Waals surface area contributed by atoms with E-state index in [1.807, 2.05) is 6.07 Å². The van der Waals surface area contributed by atoms with Crippen LogP contribution in [0.1, 0.15) is 31.0 Å². The van der Waals surface area contributed by atoms with Crippen molar-refractivity contribution in [3.05, 3.63) is 65.7 Å². The highest BCUT2D eigenvalue weighted by Gasteiger charge is 2.18. The van der Waals surface area contributed by atoms with E-state index in [1.165, 1.54) is 17.7 Å². The van der Waals surface area contributed by atoms with Crippen molar-refractivity contribution in [2.24, 2.45) is 10.1 Å². The van der Waals surface area contributed by atoms with Crippen LogP contribution in [-0.4, -0.2) is 46.0 Å². The van der Waals surface area contributed by atoms with Gasteiger partial charge in [-0.05, 0) is 36.3 Å². The third kappa shape index (κ3) is 7.86. The summed E-state index contributed by atoms with van der Waals surface area (Å²) in [5.41, 5.74) is 2.20. The lowest BCUT2D eigenvalue weighted by Gasteiger charge is -2.30. The average molecular weight is 545 g/mol. The molecule has 166 valence electrons. The molecule has 2 rings (SSSR count). The van der Waals surface area contributed by atoms with E-state index in [0.29, 0.717) is 12.5 Å². The number of benzene rings is 2. The molecule has 30 heavy (non-hydrogen) atoms. The maximum Gasteiger partial charge on any atom is 0.238 e. The summed E-state index contributed by atoms with van der Waals surface area (Å²) >= 11 is 0. The van der Waals surface area contributed by atoms with Crippen LogP contribution in [0, 0.1) is 0 Å². The Labute approximate surface area is 197 Å². The molecule has 0 spiro atoms. The van der Waals surface area contributed by atoms with Crippen LogP contribution >= 0.6 is 24.0 Å². The van der Waals surface area contributed by atoms with Crippen molar-refractivity contribution in [3.63, 3.8) is 0 Å². The molecule has 2 aromatic carbocycles. The monoisotopic (exact) mass is 545 g/mol. The topological polar surface area (TPSA) is 99.8 Å².